The average molecular weight is 384 g/mol. The fourth-order valence-corrected chi connectivity index (χ4v) is 2.96. The lowest BCUT2D eigenvalue weighted by atomic mass is 10.2. The van der Waals surface area contributed by atoms with E-state index in [0.29, 0.717) is 10.6 Å². The van der Waals surface area contributed by atoms with E-state index in [9.17, 15) is 18.2 Å². The molecule has 0 fully saturated rings. The van der Waals surface area contributed by atoms with Gasteiger partial charge in [0.25, 0.3) is 0 Å². The third-order valence-electron chi connectivity index (χ3n) is 3.01. The molecule has 0 aromatic heterocycles. The van der Waals surface area contributed by atoms with Crippen molar-refractivity contribution in [2.45, 2.75) is 16.7 Å². The molecule has 134 valence electrons. The highest BCUT2D eigenvalue weighted by Gasteiger charge is 2.12. The molecule has 0 aliphatic rings. The van der Waals surface area contributed by atoms with Crippen LogP contribution in [-0.2, 0) is 19.5 Å². The molecule has 0 N–H and O–H groups in total. The summed E-state index contributed by atoms with van der Waals surface area (Å²) < 4.78 is 43.2. The lowest BCUT2D eigenvalue weighted by molar-refractivity contribution is -0.777. The quantitative estimate of drug-likeness (QED) is 0.234. The average Bonchev–Trinajstić information content (AvgIpc) is 2.58. The van der Waals surface area contributed by atoms with Crippen LogP contribution in [0.15, 0.2) is 56.4 Å². The van der Waals surface area contributed by atoms with E-state index in [-0.39, 0.29) is 21.9 Å². The molecular formula is C14H12N2O7S2-2. The fourth-order valence-electron chi connectivity index (χ4n) is 1.89. The van der Waals surface area contributed by atoms with Crippen molar-refractivity contribution in [1.29, 1.82) is 0 Å². The van der Waals surface area contributed by atoms with Gasteiger partial charge in [-0.05, 0) is 48.9 Å². The van der Waals surface area contributed by atoms with E-state index in [4.69, 9.17) is 4.74 Å². The Morgan fingerprint density at radius 1 is 1.12 bits per heavy atom. The molecule has 0 amide bonds. The molecule has 0 atom stereocenters. The minimum Gasteiger partial charge on any atom is -0.744 e. The molecule has 2 aromatic carbocycles. The van der Waals surface area contributed by atoms with Crippen molar-refractivity contribution in [3.63, 3.8) is 0 Å². The van der Waals surface area contributed by atoms with Crippen LogP contribution in [0.5, 0.6) is 5.75 Å². The summed E-state index contributed by atoms with van der Waals surface area (Å²) in [6.07, 6.45) is 0. The number of ether oxygens (including phenoxy) is 1. The van der Waals surface area contributed by atoms with Crippen LogP contribution >= 0.6 is 12.0 Å². The maximum Gasteiger partial charge on any atom is 0.146 e. The summed E-state index contributed by atoms with van der Waals surface area (Å²) >= 11 is 0.728. The third kappa shape index (κ3) is 5.22. The highest BCUT2D eigenvalue weighted by molar-refractivity contribution is 7.94. The molecule has 0 bridgehead atoms. The van der Waals surface area contributed by atoms with Gasteiger partial charge in [-0.1, -0.05) is 0 Å². The van der Waals surface area contributed by atoms with Gasteiger partial charge in [0.2, 0.25) is 0 Å². The standard InChI is InChI=1S/C14H14N2O7S2/c1-9-7-13(21-2)12(8-14(9)25(18,19)20)16-15-10-3-5-11(6-4-10)24-23-22-17/h3-8,17H,1-2H3,(H,18,19,20)/p-2. The van der Waals surface area contributed by atoms with E-state index in [0.717, 1.165) is 18.1 Å². The normalized spacial score (nSPS) is 11.8. The first-order chi connectivity index (χ1) is 11.8. The van der Waals surface area contributed by atoms with Crippen LogP contribution in [0.1, 0.15) is 5.56 Å². The summed E-state index contributed by atoms with van der Waals surface area (Å²) in [7, 11) is -3.25. The van der Waals surface area contributed by atoms with Crippen LogP contribution in [0.25, 0.3) is 0 Å². The smallest absolute Gasteiger partial charge is 0.146 e. The summed E-state index contributed by atoms with van der Waals surface area (Å²) in [6, 6.07) is 8.91. The number of benzene rings is 2. The van der Waals surface area contributed by atoms with Crippen molar-refractivity contribution < 1.29 is 32.3 Å². The highest BCUT2D eigenvalue weighted by Crippen LogP contribution is 2.34. The van der Waals surface area contributed by atoms with Gasteiger partial charge < -0.3 is 14.5 Å². The summed E-state index contributed by atoms with van der Waals surface area (Å²) in [5, 5.41) is 20.9. The van der Waals surface area contributed by atoms with E-state index in [1.165, 1.54) is 20.1 Å². The van der Waals surface area contributed by atoms with Crippen molar-refractivity contribution >= 4 is 33.5 Å². The second-order valence-electron chi connectivity index (χ2n) is 4.66. The number of hydrogen-bond donors (Lipinski definition) is 0. The first-order valence-electron chi connectivity index (χ1n) is 6.64. The summed E-state index contributed by atoms with van der Waals surface area (Å²) in [6.45, 7) is 1.48. The minimum absolute atomic E-state index is 0.101. The van der Waals surface area contributed by atoms with E-state index in [1.54, 1.807) is 24.3 Å². The van der Waals surface area contributed by atoms with Crippen LogP contribution in [0.2, 0.25) is 0 Å². The van der Waals surface area contributed by atoms with Crippen LogP contribution in [-0.4, -0.2) is 20.1 Å². The molecule has 0 unspecified atom stereocenters. The Morgan fingerprint density at radius 2 is 1.80 bits per heavy atom. The molecule has 0 heterocycles. The van der Waals surface area contributed by atoms with Gasteiger partial charge in [-0.2, -0.15) is 9.45 Å². The van der Waals surface area contributed by atoms with Crippen molar-refractivity contribution in [1.82, 2.24) is 0 Å². The van der Waals surface area contributed by atoms with Gasteiger partial charge in [-0.25, -0.2) is 8.42 Å². The Bertz CT molecular complexity index is 867. The predicted octanol–water partition coefficient (Wildman–Crippen LogP) is 2.55. The number of azo groups is 1. The van der Waals surface area contributed by atoms with Crippen LogP contribution in [0, 0.1) is 6.92 Å². The van der Waals surface area contributed by atoms with Gasteiger partial charge >= 0.3 is 0 Å². The maximum atomic E-state index is 11.3. The second kappa shape index (κ2) is 8.38. The predicted molar refractivity (Wildman–Crippen MR) is 84.3 cm³/mol. The summed E-state index contributed by atoms with van der Waals surface area (Å²) in [5.41, 5.74) is 0.804. The van der Waals surface area contributed by atoms with Gasteiger partial charge in [0.1, 0.15) is 21.6 Å². The molecule has 11 heteroatoms. The first-order valence-corrected chi connectivity index (χ1v) is 8.79. The van der Waals surface area contributed by atoms with E-state index in [1.807, 2.05) is 0 Å². The van der Waals surface area contributed by atoms with E-state index in [2.05, 4.69) is 19.6 Å². The Balaban J connectivity index is 2.30. The zero-order chi connectivity index (χ0) is 18.4. The SMILES string of the molecule is COc1cc(C)c(S(=O)(=O)[O-])cc1N=Nc1ccc(SOO[O-])cc1. The number of nitrogens with zero attached hydrogens (tertiary/aromatic N) is 2. The lowest BCUT2D eigenvalue weighted by Crippen LogP contribution is -2.01. The topological polar surface area (TPSA) is 133 Å². The Morgan fingerprint density at radius 3 is 2.36 bits per heavy atom. The van der Waals surface area contributed by atoms with Gasteiger partial charge in [-0.15, -0.1) is 5.11 Å². The van der Waals surface area contributed by atoms with Gasteiger partial charge in [0.15, 0.2) is 0 Å². The molecule has 9 nitrogen and oxygen atoms in total. The van der Waals surface area contributed by atoms with Crippen molar-refractivity contribution in [2.75, 3.05) is 7.11 Å². The summed E-state index contributed by atoms with van der Waals surface area (Å²) in [5.74, 6) is 0.279. The van der Waals surface area contributed by atoms with Gasteiger partial charge in [0.05, 0.1) is 29.7 Å². The first kappa shape index (κ1) is 19.3. The molecule has 25 heavy (non-hydrogen) atoms. The molecule has 2 aromatic rings. The largest absolute Gasteiger partial charge is 0.744 e. The molecule has 0 aliphatic heterocycles. The Kier molecular flexibility index (Phi) is 6.47. The second-order valence-corrected chi connectivity index (χ2v) is 6.78. The van der Waals surface area contributed by atoms with E-state index >= 15 is 0 Å². The highest BCUT2D eigenvalue weighted by atomic mass is 32.2. The fraction of sp³-hybridized carbons (Fsp3) is 0.143. The molecule has 2 rings (SSSR count). The molecule has 0 saturated carbocycles. The van der Waals surface area contributed by atoms with Crippen LogP contribution < -0.4 is 9.99 Å². The molecule has 0 radical (unpaired) electrons. The number of hydrogen-bond acceptors (Lipinski definition) is 10. The number of methoxy groups -OCH3 is 1. The van der Waals surface area contributed by atoms with Crippen molar-refractivity contribution in [2.24, 2.45) is 10.2 Å². The molecule has 0 spiro atoms. The van der Waals surface area contributed by atoms with Crippen LogP contribution in [0.3, 0.4) is 0 Å². The zero-order valence-corrected chi connectivity index (χ0v) is 14.7. The molecule has 0 aliphatic carbocycles. The Hall–Kier alpha value is -2.02. The summed E-state index contributed by atoms with van der Waals surface area (Å²) in [4.78, 5) is 0.214. The Labute approximate surface area is 148 Å². The minimum atomic E-state index is -4.64. The molecular weight excluding hydrogens is 372 g/mol. The van der Waals surface area contributed by atoms with Crippen molar-refractivity contribution in [3.05, 3.63) is 42.0 Å². The van der Waals surface area contributed by atoms with Crippen LogP contribution in [0.4, 0.5) is 11.4 Å². The van der Waals surface area contributed by atoms with E-state index < -0.39 is 10.1 Å². The van der Waals surface area contributed by atoms with Gasteiger partial charge in [-0.3, -0.25) is 5.04 Å². The number of aryl methyl sites for hydroxylation is 1. The number of rotatable bonds is 7. The zero-order valence-electron chi connectivity index (χ0n) is 13.0. The third-order valence-corrected chi connectivity index (χ3v) is 4.58. The van der Waals surface area contributed by atoms with Gasteiger partial charge in [0, 0.05) is 4.90 Å². The molecule has 0 saturated heterocycles. The monoisotopic (exact) mass is 384 g/mol. The lowest BCUT2D eigenvalue weighted by Gasteiger charge is -2.13. The maximum absolute atomic E-state index is 11.3. The van der Waals surface area contributed by atoms with Crippen molar-refractivity contribution in [3.8, 4) is 5.75 Å².